The molecule has 110 valence electrons. The molecule has 0 amide bonds. The van der Waals surface area contributed by atoms with Gasteiger partial charge in [0.05, 0.1) is 12.2 Å². The summed E-state index contributed by atoms with van der Waals surface area (Å²) < 4.78 is 0. The van der Waals surface area contributed by atoms with Gasteiger partial charge < -0.3 is 15.3 Å². The second-order valence-corrected chi connectivity index (χ2v) is 5.07. The molecule has 2 N–H and O–H groups in total. The lowest BCUT2D eigenvalue weighted by molar-refractivity contribution is 0.0690. The van der Waals surface area contributed by atoms with Crippen molar-refractivity contribution in [1.29, 1.82) is 0 Å². The maximum absolute atomic E-state index is 10.9. The van der Waals surface area contributed by atoms with E-state index in [4.69, 9.17) is 5.11 Å². The number of carbonyl (C=O) groups is 1. The number of carboxylic acid groups (broad SMARTS) is 1. The number of aromatic nitrogens is 1. The standard InChI is InChI=1S/C16H19N3O2/c1-11-7-8-12(9-15(11)19(2)3)17-10-13-5-4-6-14(18-13)16(20)21/h4-9,17H,10H2,1-3H3,(H,20,21). The van der Waals surface area contributed by atoms with E-state index in [0.29, 0.717) is 12.2 Å². The summed E-state index contributed by atoms with van der Waals surface area (Å²) in [7, 11) is 4.01. The van der Waals surface area contributed by atoms with Crippen LogP contribution in [0.15, 0.2) is 36.4 Å². The van der Waals surface area contributed by atoms with E-state index in [1.54, 1.807) is 12.1 Å². The van der Waals surface area contributed by atoms with Gasteiger partial charge >= 0.3 is 5.97 Å². The van der Waals surface area contributed by atoms with Crippen LogP contribution in [0.25, 0.3) is 0 Å². The van der Waals surface area contributed by atoms with E-state index in [1.807, 2.05) is 20.2 Å². The van der Waals surface area contributed by atoms with Crippen molar-refractivity contribution in [2.45, 2.75) is 13.5 Å². The van der Waals surface area contributed by atoms with E-state index >= 15 is 0 Å². The second-order valence-electron chi connectivity index (χ2n) is 5.07. The van der Waals surface area contributed by atoms with Crippen molar-refractivity contribution in [3.05, 3.63) is 53.3 Å². The van der Waals surface area contributed by atoms with Gasteiger partial charge in [-0.2, -0.15) is 0 Å². The van der Waals surface area contributed by atoms with Gasteiger partial charge in [0.1, 0.15) is 5.69 Å². The Morgan fingerprint density at radius 1 is 1.29 bits per heavy atom. The van der Waals surface area contributed by atoms with Gasteiger partial charge in [0, 0.05) is 25.5 Å². The number of carboxylic acids is 1. The van der Waals surface area contributed by atoms with E-state index in [9.17, 15) is 4.79 Å². The topological polar surface area (TPSA) is 65.5 Å². The molecule has 1 aromatic heterocycles. The molecule has 2 rings (SSSR count). The number of nitrogens with one attached hydrogen (secondary N) is 1. The van der Waals surface area contributed by atoms with Crippen molar-refractivity contribution < 1.29 is 9.90 Å². The van der Waals surface area contributed by atoms with Crippen LogP contribution in [0.5, 0.6) is 0 Å². The average molecular weight is 285 g/mol. The quantitative estimate of drug-likeness (QED) is 0.884. The molecule has 0 atom stereocenters. The number of benzene rings is 1. The van der Waals surface area contributed by atoms with E-state index in [1.165, 1.54) is 11.6 Å². The Labute approximate surface area is 124 Å². The molecule has 0 aliphatic rings. The number of pyridine rings is 1. The molecule has 0 unspecified atom stereocenters. The summed E-state index contributed by atoms with van der Waals surface area (Å²) in [5.41, 5.74) is 4.09. The third-order valence-electron chi connectivity index (χ3n) is 3.19. The number of aromatic carboxylic acids is 1. The first-order chi connectivity index (χ1) is 9.97. The number of nitrogens with zero attached hydrogens (tertiary/aromatic N) is 2. The molecule has 21 heavy (non-hydrogen) atoms. The fourth-order valence-corrected chi connectivity index (χ4v) is 2.09. The Morgan fingerprint density at radius 3 is 2.71 bits per heavy atom. The molecule has 1 heterocycles. The molecular formula is C16H19N3O2. The summed E-state index contributed by atoms with van der Waals surface area (Å²) in [6.45, 7) is 2.55. The Hall–Kier alpha value is -2.56. The van der Waals surface area contributed by atoms with Gasteiger partial charge in [0.15, 0.2) is 0 Å². The first-order valence-electron chi connectivity index (χ1n) is 6.68. The Balaban J connectivity index is 2.11. The maximum atomic E-state index is 10.9. The summed E-state index contributed by atoms with van der Waals surface area (Å²) in [4.78, 5) is 17.0. The van der Waals surface area contributed by atoms with E-state index in [-0.39, 0.29) is 5.69 Å². The van der Waals surface area contributed by atoms with Crippen molar-refractivity contribution in [1.82, 2.24) is 4.98 Å². The minimum Gasteiger partial charge on any atom is -0.477 e. The predicted molar refractivity (Wildman–Crippen MR) is 84.0 cm³/mol. The first kappa shape index (κ1) is 14.8. The van der Waals surface area contributed by atoms with Crippen LogP contribution in [0.2, 0.25) is 0 Å². The highest BCUT2D eigenvalue weighted by atomic mass is 16.4. The van der Waals surface area contributed by atoms with E-state index in [0.717, 1.165) is 11.4 Å². The molecule has 0 aliphatic heterocycles. The Bertz CT molecular complexity index is 654. The number of anilines is 2. The molecule has 0 fully saturated rings. The van der Waals surface area contributed by atoms with E-state index < -0.39 is 5.97 Å². The van der Waals surface area contributed by atoms with Gasteiger partial charge in [-0.25, -0.2) is 9.78 Å². The zero-order chi connectivity index (χ0) is 15.4. The van der Waals surface area contributed by atoms with Crippen molar-refractivity contribution in [2.24, 2.45) is 0 Å². The van der Waals surface area contributed by atoms with Crippen LogP contribution in [-0.2, 0) is 6.54 Å². The zero-order valence-corrected chi connectivity index (χ0v) is 12.4. The number of aryl methyl sites for hydroxylation is 1. The van der Waals surface area contributed by atoms with Gasteiger partial charge in [-0.05, 0) is 36.8 Å². The molecule has 0 radical (unpaired) electrons. The summed E-state index contributed by atoms with van der Waals surface area (Å²) in [5, 5.41) is 12.2. The van der Waals surface area contributed by atoms with Crippen LogP contribution in [0, 0.1) is 6.92 Å². The van der Waals surface area contributed by atoms with Gasteiger partial charge in [0.2, 0.25) is 0 Å². The summed E-state index contributed by atoms with van der Waals surface area (Å²) in [5.74, 6) is -1.01. The number of hydrogen-bond acceptors (Lipinski definition) is 4. The maximum Gasteiger partial charge on any atom is 0.354 e. The van der Waals surface area contributed by atoms with Gasteiger partial charge in [-0.15, -0.1) is 0 Å². The normalized spacial score (nSPS) is 10.2. The number of hydrogen-bond donors (Lipinski definition) is 2. The van der Waals surface area contributed by atoms with Gasteiger partial charge in [-0.3, -0.25) is 0 Å². The van der Waals surface area contributed by atoms with Crippen molar-refractivity contribution in [2.75, 3.05) is 24.3 Å². The second kappa shape index (κ2) is 6.26. The first-order valence-corrected chi connectivity index (χ1v) is 6.68. The third kappa shape index (κ3) is 3.72. The van der Waals surface area contributed by atoms with Crippen molar-refractivity contribution >= 4 is 17.3 Å². The lowest BCUT2D eigenvalue weighted by Gasteiger charge is -2.17. The van der Waals surface area contributed by atoms with Crippen LogP contribution in [-0.4, -0.2) is 30.2 Å². The molecule has 0 spiro atoms. The zero-order valence-electron chi connectivity index (χ0n) is 12.4. The van der Waals surface area contributed by atoms with Crippen LogP contribution in [0.4, 0.5) is 11.4 Å². The van der Waals surface area contributed by atoms with Crippen molar-refractivity contribution in [3.63, 3.8) is 0 Å². The number of rotatable bonds is 5. The fourth-order valence-electron chi connectivity index (χ4n) is 2.09. The molecule has 0 aliphatic carbocycles. The van der Waals surface area contributed by atoms with E-state index in [2.05, 4.69) is 34.3 Å². The third-order valence-corrected chi connectivity index (χ3v) is 3.19. The lowest BCUT2D eigenvalue weighted by atomic mass is 10.1. The van der Waals surface area contributed by atoms with Crippen LogP contribution < -0.4 is 10.2 Å². The van der Waals surface area contributed by atoms with Crippen LogP contribution in [0.3, 0.4) is 0 Å². The van der Waals surface area contributed by atoms with Gasteiger partial charge in [-0.1, -0.05) is 12.1 Å². The minimum atomic E-state index is -1.01. The summed E-state index contributed by atoms with van der Waals surface area (Å²) in [6, 6.07) is 11.1. The van der Waals surface area contributed by atoms with Crippen molar-refractivity contribution in [3.8, 4) is 0 Å². The summed E-state index contributed by atoms with van der Waals surface area (Å²) in [6.07, 6.45) is 0. The highest BCUT2D eigenvalue weighted by Gasteiger charge is 2.06. The molecule has 1 aromatic carbocycles. The highest BCUT2D eigenvalue weighted by molar-refractivity contribution is 5.85. The molecule has 0 bridgehead atoms. The highest BCUT2D eigenvalue weighted by Crippen LogP contribution is 2.22. The van der Waals surface area contributed by atoms with Crippen LogP contribution in [0.1, 0.15) is 21.7 Å². The molecule has 0 saturated heterocycles. The average Bonchev–Trinajstić information content (AvgIpc) is 2.46. The monoisotopic (exact) mass is 285 g/mol. The molecule has 2 aromatic rings. The summed E-state index contributed by atoms with van der Waals surface area (Å²) >= 11 is 0. The smallest absolute Gasteiger partial charge is 0.354 e. The molecular weight excluding hydrogens is 266 g/mol. The van der Waals surface area contributed by atoms with Crippen LogP contribution >= 0.6 is 0 Å². The predicted octanol–water partition coefficient (Wildman–Crippen LogP) is 2.77. The largest absolute Gasteiger partial charge is 0.477 e. The molecule has 5 nitrogen and oxygen atoms in total. The SMILES string of the molecule is Cc1ccc(NCc2cccc(C(=O)O)n2)cc1N(C)C. The molecule has 0 saturated carbocycles. The van der Waals surface area contributed by atoms with Gasteiger partial charge in [0.25, 0.3) is 0 Å². The Morgan fingerprint density at radius 2 is 2.05 bits per heavy atom. The fraction of sp³-hybridized carbons (Fsp3) is 0.250. The Kier molecular flexibility index (Phi) is 4.42. The lowest BCUT2D eigenvalue weighted by Crippen LogP contribution is -2.11. The molecule has 5 heteroatoms. The minimum absolute atomic E-state index is 0.0622.